The number of benzene rings is 1. The van der Waals surface area contributed by atoms with Gasteiger partial charge >= 0.3 is 0 Å². The van der Waals surface area contributed by atoms with E-state index >= 15 is 0 Å². The highest BCUT2D eigenvalue weighted by molar-refractivity contribution is 7.15. The van der Waals surface area contributed by atoms with Crippen molar-refractivity contribution in [3.8, 4) is 11.5 Å². The number of thiazole rings is 1. The first-order valence-corrected chi connectivity index (χ1v) is 8.07. The summed E-state index contributed by atoms with van der Waals surface area (Å²) in [4.78, 5) is 18.1. The van der Waals surface area contributed by atoms with Crippen molar-refractivity contribution in [1.29, 1.82) is 0 Å². The molecule has 1 N–H and O–H groups in total. The van der Waals surface area contributed by atoms with Crippen LogP contribution < -0.4 is 5.32 Å². The minimum Gasteiger partial charge on any atom is -0.421 e. The Morgan fingerprint density at radius 3 is 2.70 bits per heavy atom. The molecule has 0 aliphatic heterocycles. The number of carbonyl (C=O) groups excluding carboxylic acids is 1. The first-order valence-electron chi connectivity index (χ1n) is 7.25. The van der Waals surface area contributed by atoms with Crippen molar-refractivity contribution in [3.63, 3.8) is 0 Å². The Morgan fingerprint density at radius 1 is 1.26 bits per heavy atom. The van der Waals surface area contributed by atoms with Gasteiger partial charge < -0.3 is 4.42 Å². The Morgan fingerprint density at radius 2 is 2.04 bits per heavy atom. The van der Waals surface area contributed by atoms with Gasteiger partial charge in [-0.25, -0.2) is 4.98 Å². The lowest BCUT2D eigenvalue weighted by atomic mass is 10.1. The van der Waals surface area contributed by atoms with Gasteiger partial charge in [-0.1, -0.05) is 19.1 Å². The summed E-state index contributed by atoms with van der Waals surface area (Å²) in [6.07, 6.45) is 0.843. The van der Waals surface area contributed by atoms with Crippen LogP contribution in [0.1, 0.15) is 33.7 Å². The topological polar surface area (TPSA) is 80.9 Å². The lowest BCUT2D eigenvalue weighted by Crippen LogP contribution is -2.13. The van der Waals surface area contributed by atoms with Crippen LogP contribution in [0.15, 0.2) is 28.7 Å². The van der Waals surface area contributed by atoms with Crippen LogP contribution in [-0.2, 0) is 6.42 Å². The maximum Gasteiger partial charge on any atom is 0.258 e. The predicted octanol–water partition coefficient (Wildman–Crippen LogP) is 3.62. The fourth-order valence-electron chi connectivity index (χ4n) is 2.25. The molecule has 0 atom stereocenters. The van der Waals surface area contributed by atoms with E-state index in [1.807, 2.05) is 19.9 Å². The highest BCUT2D eigenvalue weighted by Gasteiger charge is 2.18. The van der Waals surface area contributed by atoms with E-state index in [1.54, 1.807) is 25.1 Å². The summed E-state index contributed by atoms with van der Waals surface area (Å²) < 4.78 is 5.44. The monoisotopic (exact) mass is 328 g/mol. The van der Waals surface area contributed by atoms with Crippen LogP contribution in [-0.4, -0.2) is 21.1 Å². The van der Waals surface area contributed by atoms with Crippen molar-refractivity contribution in [2.75, 3.05) is 5.32 Å². The van der Waals surface area contributed by atoms with Crippen LogP contribution in [0.5, 0.6) is 0 Å². The Hall–Kier alpha value is -2.54. The molecule has 1 aromatic carbocycles. The van der Waals surface area contributed by atoms with Crippen LogP contribution in [0, 0.1) is 13.8 Å². The zero-order valence-corrected chi connectivity index (χ0v) is 13.9. The molecule has 7 heteroatoms. The zero-order chi connectivity index (χ0) is 16.4. The van der Waals surface area contributed by atoms with Gasteiger partial charge in [0.2, 0.25) is 11.8 Å². The van der Waals surface area contributed by atoms with Crippen molar-refractivity contribution in [1.82, 2.24) is 15.2 Å². The molecule has 0 radical (unpaired) electrons. The Labute approximate surface area is 137 Å². The molecule has 2 heterocycles. The second-order valence-corrected chi connectivity index (χ2v) is 6.20. The van der Waals surface area contributed by atoms with Crippen molar-refractivity contribution >= 4 is 22.4 Å². The molecule has 0 unspecified atom stereocenters. The molecule has 6 nitrogen and oxygen atoms in total. The number of aromatic nitrogens is 3. The minimum atomic E-state index is -0.243. The molecular weight excluding hydrogens is 312 g/mol. The van der Waals surface area contributed by atoms with Crippen molar-refractivity contribution in [3.05, 3.63) is 46.3 Å². The first kappa shape index (κ1) is 15.4. The highest BCUT2D eigenvalue weighted by atomic mass is 32.1. The number of hydrogen-bond acceptors (Lipinski definition) is 6. The minimum absolute atomic E-state index is 0.243. The molecular formula is C16H16N4O2S. The molecule has 0 aliphatic carbocycles. The van der Waals surface area contributed by atoms with E-state index in [9.17, 15) is 4.79 Å². The summed E-state index contributed by atoms with van der Waals surface area (Å²) in [5, 5.41) is 11.3. The number of anilines is 1. The summed E-state index contributed by atoms with van der Waals surface area (Å²) >= 11 is 1.47. The molecule has 0 fully saturated rings. The van der Waals surface area contributed by atoms with Gasteiger partial charge in [0.1, 0.15) is 0 Å². The molecule has 0 saturated heterocycles. The number of nitrogens with one attached hydrogen (secondary N) is 1. The fraction of sp³-hybridized carbons (Fsp3) is 0.250. The third kappa shape index (κ3) is 3.14. The highest BCUT2D eigenvalue weighted by Crippen LogP contribution is 2.26. The average Bonchev–Trinajstić information content (AvgIpc) is 3.12. The van der Waals surface area contributed by atoms with E-state index in [1.165, 1.54) is 11.3 Å². The summed E-state index contributed by atoms with van der Waals surface area (Å²) in [6.45, 7) is 5.76. The molecule has 0 aliphatic rings. The molecule has 118 valence electrons. The van der Waals surface area contributed by atoms with E-state index in [4.69, 9.17) is 4.42 Å². The van der Waals surface area contributed by atoms with Gasteiger partial charge in [-0.05, 0) is 25.5 Å². The largest absolute Gasteiger partial charge is 0.421 e. The number of nitrogens with zero attached hydrogens (tertiary/aromatic N) is 3. The van der Waals surface area contributed by atoms with E-state index < -0.39 is 0 Å². The SMILES string of the molecule is CCc1nc(NC(=O)c2ccccc2-c2nnc(C)o2)sc1C. The van der Waals surface area contributed by atoms with E-state index in [-0.39, 0.29) is 5.91 Å². The maximum absolute atomic E-state index is 12.6. The van der Waals surface area contributed by atoms with Crippen LogP contribution in [0.25, 0.3) is 11.5 Å². The van der Waals surface area contributed by atoms with Gasteiger partial charge in [-0.15, -0.1) is 21.5 Å². The molecule has 1 amide bonds. The maximum atomic E-state index is 12.6. The van der Waals surface area contributed by atoms with E-state index in [0.29, 0.717) is 28.0 Å². The third-order valence-electron chi connectivity index (χ3n) is 3.38. The first-order chi connectivity index (χ1) is 11.1. The lowest BCUT2D eigenvalue weighted by molar-refractivity contribution is 0.102. The van der Waals surface area contributed by atoms with Gasteiger partial charge in [-0.3, -0.25) is 10.1 Å². The standard InChI is InChI=1S/C16H16N4O2S/c1-4-13-9(2)23-16(17-13)18-14(21)11-7-5-6-8-12(11)15-20-19-10(3)22-15/h5-8H,4H2,1-3H3,(H,17,18,21). The van der Waals surface area contributed by atoms with E-state index in [0.717, 1.165) is 17.0 Å². The zero-order valence-electron chi connectivity index (χ0n) is 13.1. The molecule has 0 spiro atoms. The molecule has 2 aromatic heterocycles. The number of aryl methyl sites for hydroxylation is 3. The van der Waals surface area contributed by atoms with E-state index in [2.05, 4.69) is 20.5 Å². The molecule has 3 aromatic rings. The summed E-state index contributed by atoms with van der Waals surface area (Å²) in [5.41, 5.74) is 2.09. The number of amides is 1. The number of hydrogen-bond donors (Lipinski definition) is 1. The van der Waals surface area contributed by atoms with Crippen LogP contribution >= 0.6 is 11.3 Å². The van der Waals surface area contributed by atoms with Crippen LogP contribution in [0.4, 0.5) is 5.13 Å². The summed E-state index contributed by atoms with van der Waals surface area (Å²) in [7, 11) is 0. The van der Waals surface area contributed by atoms with Gasteiger partial charge in [0, 0.05) is 11.8 Å². The van der Waals surface area contributed by atoms with Crippen LogP contribution in [0.2, 0.25) is 0 Å². The van der Waals surface area contributed by atoms with Gasteiger partial charge in [0.15, 0.2) is 5.13 Å². The molecule has 0 saturated carbocycles. The molecule has 3 rings (SSSR count). The average molecular weight is 328 g/mol. The van der Waals surface area contributed by atoms with Crippen molar-refractivity contribution in [2.24, 2.45) is 0 Å². The third-order valence-corrected chi connectivity index (χ3v) is 4.30. The van der Waals surface area contributed by atoms with Crippen molar-refractivity contribution in [2.45, 2.75) is 27.2 Å². The van der Waals surface area contributed by atoms with Gasteiger partial charge in [0.25, 0.3) is 5.91 Å². The summed E-state index contributed by atoms with van der Waals surface area (Å²) in [6, 6.07) is 7.14. The Balaban J connectivity index is 1.90. The van der Waals surface area contributed by atoms with Gasteiger partial charge in [0.05, 0.1) is 16.8 Å². The molecule has 0 bridgehead atoms. The predicted molar refractivity (Wildman–Crippen MR) is 88.7 cm³/mol. The fourth-order valence-corrected chi connectivity index (χ4v) is 3.14. The number of carbonyl (C=O) groups is 1. The number of rotatable bonds is 4. The van der Waals surface area contributed by atoms with Crippen LogP contribution in [0.3, 0.4) is 0 Å². The van der Waals surface area contributed by atoms with Gasteiger partial charge in [-0.2, -0.15) is 0 Å². The second kappa shape index (κ2) is 6.29. The summed E-state index contributed by atoms with van der Waals surface area (Å²) in [5.74, 6) is 0.545. The second-order valence-electron chi connectivity index (χ2n) is 5.00. The smallest absolute Gasteiger partial charge is 0.258 e. The Kier molecular flexibility index (Phi) is 4.20. The lowest BCUT2D eigenvalue weighted by Gasteiger charge is -2.05. The Bertz CT molecular complexity index is 853. The van der Waals surface area contributed by atoms with Crippen molar-refractivity contribution < 1.29 is 9.21 Å². The quantitative estimate of drug-likeness (QED) is 0.791. The molecule has 23 heavy (non-hydrogen) atoms. The normalized spacial score (nSPS) is 10.7.